The van der Waals surface area contributed by atoms with Crippen LogP contribution in [-0.2, 0) is 19.8 Å². The summed E-state index contributed by atoms with van der Waals surface area (Å²) in [5.41, 5.74) is 1.78. The standard InChI is InChI=1S/C24H22ClN3O4/c1-2-17-6-8-20(9-7-17)31-16-28-14-19(13-26-28)27-24(29)23-11-10-22(32-23)15-30-21-5-3-4-18(25)12-21/h3-14H,2,15-16H2,1H3,(H,27,29). The highest BCUT2D eigenvalue weighted by Crippen LogP contribution is 2.19. The molecule has 0 spiro atoms. The minimum Gasteiger partial charge on any atom is -0.486 e. The molecule has 0 atom stereocenters. The van der Waals surface area contributed by atoms with Crippen molar-refractivity contribution in [2.24, 2.45) is 0 Å². The van der Waals surface area contributed by atoms with E-state index in [1.807, 2.05) is 24.3 Å². The summed E-state index contributed by atoms with van der Waals surface area (Å²) in [4.78, 5) is 12.5. The van der Waals surface area contributed by atoms with E-state index in [1.165, 1.54) is 5.56 Å². The van der Waals surface area contributed by atoms with Gasteiger partial charge in [0.1, 0.15) is 23.9 Å². The van der Waals surface area contributed by atoms with E-state index >= 15 is 0 Å². The molecular formula is C24H22ClN3O4. The lowest BCUT2D eigenvalue weighted by Gasteiger charge is -2.06. The minimum absolute atomic E-state index is 0.176. The Hall–Kier alpha value is -3.71. The van der Waals surface area contributed by atoms with Crippen LogP contribution >= 0.6 is 11.6 Å². The summed E-state index contributed by atoms with van der Waals surface area (Å²) in [7, 11) is 0. The smallest absolute Gasteiger partial charge is 0.291 e. The van der Waals surface area contributed by atoms with Crippen LogP contribution in [0.3, 0.4) is 0 Å². The van der Waals surface area contributed by atoms with Crippen molar-refractivity contribution in [3.05, 3.63) is 95.2 Å². The van der Waals surface area contributed by atoms with Crippen molar-refractivity contribution < 1.29 is 18.7 Å². The van der Waals surface area contributed by atoms with Gasteiger partial charge >= 0.3 is 0 Å². The molecule has 0 aliphatic rings. The van der Waals surface area contributed by atoms with E-state index in [0.717, 1.165) is 12.2 Å². The van der Waals surface area contributed by atoms with Crippen molar-refractivity contribution in [3.8, 4) is 11.5 Å². The van der Waals surface area contributed by atoms with Crippen LogP contribution in [0.15, 0.2) is 77.5 Å². The molecule has 1 N–H and O–H groups in total. The van der Waals surface area contributed by atoms with Crippen molar-refractivity contribution in [3.63, 3.8) is 0 Å². The molecule has 0 unspecified atom stereocenters. The second-order valence-electron chi connectivity index (χ2n) is 7.01. The molecule has 32 heavy (non-hydrogen) atoms. The maximum Gasteiger partial charge on any atom is 0.291 e. The third-order valence-electron chi connectivity index (χ3n) is 4.65. The van der Waals surface area contributed by atoms with E-state index in [9.17, 15) is 4.79 Å². The summed E-state index contributed by atoms with van der Waals surface area (Å²) >= 11 is 5.94. The van der Waals surface area contributed by atoms with Gasteiger partial charge in [-0.1, -0.05) is 36.7 Å². The van der Waals surface area contributed by atoms with Crippen LogP contribution in [0.4, 0.5) is 5.69 Å². The molecule has 0 aliphatic carbocycles. The van der Waals surface area contributed by atoms with Gasteiger partial charge in [-0.15, -0.1) is 0 Å². The quantitative estimate of drug-likeness (QED) is 0.360. The van der Waals surface area contributed by atoms with Crippen molar-refractivity contribution in [2.45, 2.75) is 26.7 Å². The number of carbonyl (C=O) groups is 1. The first-order chi connectivity index (χ1) is 15.6. The molecular weight excluding hydrogens is 430 g/mol. The summed E-state index contributed by atoms with van der Waals surface area (Å²) in [5, 5.41) is 7.54. The zero-order chi connectivity index (χ0) is 22.3. The molecule has 2 aromatic carbocycles. The summed E-state index contributed by atoms with van der Waals surface area (Å²) in [6.45, 7) is 2.52. The topological polar surface area (TPSA) is 78.5 Å². The first-order valence-corrected chi connectivity index (χ1v) is 10.5. The molecule has 4 rings (SSSR count). The molecule has 7 nitrogen and oxygen atoms in total. The predicted molar refractivity (Wildman–Crippen MR) is 121 cm³/mol. The molecule has 0 radical (unpaired) electrons. The molecule has 0 saturated heterocycles. The van der Waals surface area contributed by atoms with Gasteiger partial charge in [-0.3, -0.25) is 4.79 Å². The Bertz CT molecular complexity index is 1180. The van der Waals surface area contributed by atoms with Gasteiger partial charge < -0.3 is 19.2 Å². The number of ether oxygens (including phenoxy) is 2. The van der Waals surface area contributed by atoms with E-state index < -0.39 is 0 Å². The largest absolute Gasteiger partial charge is 0.486 e. The average molecular weight is 452 g/mol. The fourth-order valence-electron chi connectivity index (χ4n) is 2.94. The van der Waals surface area contributed by atoms with Crippen LogP contribution in [0.25, 0.3) is 0 Å². The van der Waals surface area contributed by atoms with E-state index in [1.54, 1.807) is 53.5 Å². The van der Waals surface area contributed by atoms with Gasteiger partial charge in [-0.25, -0.2) is 4.68 Å². The van der Waals surface area contributed by atoms with Crippen LogP contribution in [-0.4, -0.2) is 15.7 Å². The fourth-order valence-corrected chi connectivity index (χ4v) is 3.12. The van der Waals surface area contributed by atoms with E-state index in [0.29, 0.717) is 22.2 Å². The minimum atomic E-state index is -0.380. The number of halogens is 1. The Labute approximate surface area is 190 Å². The molecule has 0 saturated carbocycles. The van der Waals surface area contributed by atoms with Gasteiger partial charge in [0.15, 0.2) is 12.5 Å². The van der Waals surface area contributed by atoms with Gasteiger partial charge in [0.05, 0.1) is 18.1 Å². The SMILES string of the molecule is CCc1ccc(OCn2cc(NC(=O)c3ccc(COc4cccc(Cl)c4)o3)cn2)cc1. The van der Waals surface area contributed by atoms with Crippen LogP contribution in [0, 0.1) is 0 Å². The van der Waals surface area contributed by atoms with Crippen molar-refractivity contribution in [1.82, 2.24) is 9.78 Å². The summed E-state index contributed by atoms with van der Waals surface area (Å²) in [5.74, 6) is 1.69. The lowest BCUT2D eigenvalue weighted by Crippen LogP contribution is -2.10. The Morgan fingerprint density at radius 3 is 2.72 bits per heavy atom. The van der Waals surface area contributed by atoms with Gasteiger partial charge in [-0.2, -0.15) is 5.10 Å². The summed E-state index contributed by atoms with van der Waals surface area (Å²) < 4.78 is 18.5. The number of carbonyl (C=O) groups excluding carboxylic acids is 1. The monoisotopic (exact) mass is 451 g/mol. The predicted octanol–water partition coefficient (Wildman–Crippen LogP) is 5.56. The number of furan rings is 1. The highest BCUT2D eigenvalue weighted by atomic mass is 35.5. The molecule has 2 heterocycles. The van der Waals surface area contributed by atoms with Gasteiger partial charge in [0, 0.05) is 5.02 Å². The van der Waals surface area contributed by atoms with Gasteiger partial charge in [0.25, 0.3) is 5.91 Å². The number of aromatic nitrogens is 2. The van der Waals surface area contributed by atoms with Crippen LogP contribution in [0.5, 0.6) is 11.5 Å². The maximum absolute atomic E-state index is 12.5. The van der Waals surface area contributed by atoms with Crippen molar-refractivity contribution in [2.75, 3.05) is 5.32 Å². The maximum atomic E-state index is 12.5. The molecule has 8 heteroatoms. The molecule has 0 aliphatic heterocycles. The lowest BCUT2D eigenvalue weighted by atomic mass is 10.2. The number of nitrogens with one attached hydrogen (secondary N) is 1. The molecule has 164 valence electrons. The lowest BCUT2D eigenvalue weighted by molar-refractivity contribution is 0.0992. The van der Waals surface area contributed by atoms with E-state index in [-0.39, 0.29) is 25.0 Å². The normalized spacial score (nSPS) is 10.7. The fraction of sp³-hybridized carbons (Fsp3) is 0.167. The third kappa shape index (κ3) is 5.70. The van der Waals surface area contributed by atoms with Crippen LogP contribution < -0.4 is 14.8 Å². The number of hydrogen-bond donors (Lipinski definition) is 1. The molecule has 0 fully saturated rings. The average Bonchev–Trinajstić information content (AvgIpc) is 3.46. The molecule has 2 aromatic heterocycles. The van der Waals surface area contributed by atoms with Crippen molar-refractivity contribution >= 4 is 23.2 Å². The molecule has 0 bridgehead atoms. The zero-order valence-corrected chi connectivity index (χ0v) is 18.2. The Morgan fingerprint density at radius 1 is 1.09 bits per heavy atom. The van der Waals surface area contributed by atoms with Gasteiger partial charge in [-0.05, 0) is 54.4 Å². The first kappa shape index (κ1) is 21.5. The van der Waals surface area contributed by atoms with Crippen molar-refractivity contribution in [1.29, 1.82) is 0 Å². The number of rotatable bonds is 9. The molecule has 4 aromatic rings. The number of amides is 1. The van der Waals surface area contributed by atoms with E-state index in [2.05, 4.69) is 17.3 Å². The number of anilines is 1. The number of hydrogen-bond acceptors (Lipinski definition) is 5. The van der Waals surface area contributed by atoms with Gasteiger partial charge in [0.2, 0.25) is 0 Å². The number of aryl methyl sites for hydroxylation is 1. The zero-order valence-electron chi connectivity index (χ0n) is 17.5. The second-order valence-corrected chi connectivity index (χ2v) is 7.44. The highest BCUT2D eigenvalue weighted by molar-refractivity contribution is 6.30. The first-order valence-electron chi connectivity index (χ1n) is 10.1. The molecule has 1 amide bonds. The third-order valence-corrected chi connectivity index (χ3v) is 4.88. The second kappa shape index (κ2) is 10.1. The number of benzene rings is 2. The summed E-state index contributed by atoms with van der Waals surface area (Å²) in [6.07, 6.45) is 4.21. The Balaban J connectivity index is 1.28. The summed E-state index contributed by atoms with van der Waals surface area (Å²) in [6, 6.07) is 18.3. The Kier molecular flexibility index (Phi) is 6.77. The van der Waals surface area contributed by atoms with Crippen LogP contribution in [0.1, 0.15) is 28.8 Å². The number of nitrogens with zero attached hydrogens (tertiary/aromatic N) is 2. The highest BCUT2D eigenvalue weighted by Gasteiger charge is 2.13. The Morgan fingerprint density at radius 2 is 1.94 bits per heavy atom. The van der Waals surface area contributed by atoms with Crippen LogP contribution in [0.2, 0.25) is 5.02 Å². The van der Waals surface area contributed by atoms with E-state index in [4.69, 9.17) is 25.5 Å².